The Labute approximate surface area is 203 Å². The number of alkyl halides is 4. The van der Waals surface area contributed by atoms with Crippen molar-refractivity contribution in [3.63, 3.8) is 0 Å². The zero-order chi connectivity index (χ0) is 25.4. The summed E-state index contributed by atoms with van der Waals surface area (Å²) in [5.41, 5.74) is 9.46. The van der Waals surface area contributed by atoms with Crippen LogP contribution in [0, 0.1) is 5.53 Å². The Kier molecular flexibility index (Phi) is 6.38. The first-order valence-electron chi connectivity index (χ1n) is 11.2. The predicted octanol–water partition coefficient (Wildman–Crippen LogP) is 3.87. The molecule has 14 heteroatoms. The third kappa shape index (κ3) is 4.53. The van der Waals surface area contributed by atoms with E-state index in [9.17, 15) is 17.6 Å². The second-order valence-electron chi connectivity index (χ2n) is 8.66. The molecule has 0 aliphatic carbocycles. The van der Waals surface area contributed by atoms with Gasteiger partial charge < -0.3 is 20.1 Å². The molecule has 10 nitrogen and oxygen atoms in total. The number of methoxy groups -OCH3 is 1. The second kappa shape index (κ2) is 9.50. The summed E-state index contributed by atoms with van der Waals surface area (Å²) in [5.74, 6) is -2.84. The van der Waals surface area contributed by atoms with Crippen LogP contribution in [0.5, 0.6) is 5.88 Å². The number of rotatable bonds is 9. The van der Waals surface area contributed by atoms with Crippen LogP contribution in [-0.4, -0.2) is 83.9 Å². The van der Waals surface area contributed by atoms with Crippen molar-refractivity contribution in [2.75, 3.05) is 50.6 Å². The zero-order valence-electron chi connectivity index (χ0n) is 19.2. The highest BCUT2D eigenvalue weighted by molar-refractivity contribution is 5.87. The van der Waals surface area contributed by atoms with Gasteiger partial charge in [0.05, 0.1) is 45.1 Å². The molecule has 4 heterocycles. The summed E-state index contributed by atoms with van der Waals surface area (Å²) >= 11 is 0. The van der Waals surface area contributed by atoms with Gasteiger partial charge in [-0.3, -0.25) is 4.90 Å². The van der Waals surface area contributed by atoms with E-state index in [4.69, 9.17) is 15.0 Å². The van der Waals surface area contributed by atoms with Crippen molar-refractivity contribution in [3.8, 4) is 17.0 Å². The van der Waals surface area contributed by atoms with Crippen LogP contribution in [0.4, 0.5) is 34.9 Å². The molecule has 2 aliphatic heterocycles. The summed E-state index contributed by atoms with van der Waals surface area (Å²) < 4.78 is 66.8. The normalized spacial score (nSPS) is 20.0. The lowest BCUT2D eigenvalue weighted by Crippen LogP contribution is -2.48. The van der Waals surface area contributed by atoms with E-state index in [2.05, 4.69) is 25.8 Å². The Morgan fingerprint density at radius 1 is 1.31 bits per heavy atom. The molecular formula is C22H24F4N8O2. The molecule has 0 bridgehead atoms. The maximum atomic E-state index is 14.7. The molecule has 1 aromatic carbocycles. The van der Waals surface area contributed by atoms with Crippen LogP contribution in [0.15, 0.2) is 35.6 Å². The van der Waals surface area contributed by atoms with Crippen molar-refractivity contribution < 1.29 is 27.0 Å². The van der Waals surface area contributed by atoms with E-state index in [0.29, 0.717) is 29.9 Å². The second-order valence-corrected chi connectivity index (χ2v) is 8.66. The Hall–Kier alpha value is -3.52. The van der Waals surface area contributed by atoms with Gasteiger partial charge in [0.2, 0.25) is 11.8 Å². The van der Waals surface area contributed by atoms with Crippen molar-refractivity contribution in [2.45, 2.75) is 24.4 Å². The van der Waals surface area contributed by atoms with E-state index >= 15 is 0 Å². The standard InChI is InChI=1S/C22H24F4N8O2/c1-35-20-19-14(12-2-3-15(31-27)16(6-12)28-7-18(23)24)4-5-34(19)32-21(30-20)29-17-8-33(11-22(17,25)26)13-9-36-10-13/h2-6,13,17-18,27-28H,7-11H2,1H3,(H,29,32)/t17-/m1/s1. The lowest BCUT2D eigenvalue weighted by atomic mass is 10.1. The number of hydrogen-bond donors (Lipinski definition) is 3. The number of nitrogens with one attached hydrogen (secondary N) is 3. The minimum atomic E-state index is -2.98. The van der Waals surface area contributed by atoms with Crippen molar-refractivity contribution in [2.24, 2.45) is 5.11 Å². The molecule has 2 saturated heterocycles. The predicted molar refractivity (Wildman–Crippen MR) is 123 cm³/mol. The van der Waals surface area contributed by atoms with E-state index in [1.54, 1.807) is 29.3 Å². The number of benzene rings is 1. The van der Waals surface area contributed by atoms with Crippen molar-refractivity contribution >= 4 is 22.8 Å². The number of hydrogen-bond acceptors (Lipinski definition) is 9. The summed E-state index contributed by atoms with van der Waals surface area (Å²) in [6.07, 6.45) is -0.955. The van der Waals surface area contributed by atoms with Crippen LogP contribution >= 0.6 is 0 Å². The van der Waals surface area contributed by atoms with Gasteiger partial charge in [0.25, 0.3) is 12.3 Å². The molecule has 2 aromatic heterocycles. The van der Waals surface area contributed by atoms with Crippen LogP contribution in [0.2, 0.25) is 0 Å². The molecular weight excluding hydrogens is 484 g/mol. The highest BCUT2D eigenvalue weighted by Gasteiger charge is 2.51. The number of halogens is 4. The summed E-state index contributed by atoms with van der Waals surface area (Å²) in [6.45, 7) is 0.0571. The summed E-state index contributed by atoms with van der Waals surface area (Å²) in [5, 5.41) is 13.1. The van der Waals surface area contributed by atoms with Crippen LogP contribution < -0.4 is 15.4 Å². The van der Waals surface area contributed by atoms with E-state index in [1.165, 1.54) is 17.7 Å². The number of likely N-dealkylation sites (tertiary alicyclic amines) is 1. The molecule has 0 radical (unpaired) electrons. The smallest absolute Gasteiger partial charge is 0.281 e. The van der Waals surface area contributed by atoms with Gasteiger partial charge in [-0.25, -0.2) is 27.6 Å². The Bertz CT molecular complexity index is 1270. The van der Waals surface area contributed by atoms with Gasteiger partial charge in [-0.15, -0.1) is 5.10 Å². The third-order valence-corrected chi connectivity index (χ3v) is 6.33. The number of ether oxygens (including phenoxy) is 2. The first kappa shape index (κ1) is 24.2. The molecule has 0 amide bonds. The number of fused-ring (bicyclic) bond motifs is 1. The van der Waals surface area contributed by atoms with E-state index < -0.39 is 24.9 Å². The number of anilines is 2. The fourth-order valence-corrected chi connectivity index (χ4v) is 4.39. The molecule has 1 atom stereocenters. The lowest BCUT2D eigenvalue weighted by Gasteiger charge is -2.34. The van der Waals surface area contributed by atoms with Gasteiger partial charge in [-0.05, 0) is 23.8 Å². The molecule has 192 valence electrons. The Morgan fingerprint density at radius 3 is 2.78 bits per heavy atom. The topological polar surface area (TPSA) is 112 Å². The van der Waals surface area contributed by atoms with Crippen LogP contribution in [0.3, 0.4) is 0 Å². The molecule has 36 heavy (non-hydrogen) atoms. The minimum Gasteiger partial charge on any atom is -0.479 e. The third-order valence-electron chi connectivity index (χ3n) is 6.33. The molecule has 2 aliphatic rings. The molecule has 0 unspecified atom stereocenters. The average molecular weight is 508 g/mol. The lowest BCUT2D eigenvalue weighted by molar-refractivity contribution is -0.0711. The summed E-state index contributed by atoms with van der Waals surface area (Å²) in [4.78, 5) is 6.03. The summed E-state index contributed by atoms with van der Waals surface area (Å²) in [6, 6.07) is 5.34. The molecule has 0 spiro atoms. The van der Waals surface area contributed by atoms with Crippen molar-refractivity contribution in [1.82, 2.24) is 19.5 Å². The fraction of sp³-hybridized carbons (Fsp3) is 0.455. The molecule has 0 saturated carbocycles. The van der Waals surface area contributed by atoms with Gasteiger partial charge in [-0.2, -0.15) is 10.1 Å². The van der Waals surface area contributed by atoms with Crippen LogP contribution in [0.1, 0.15) is 0 Å². The van der Waals surface area contributed by atoms with Gasteiger partial charge in [0.1, 0.15) is 17.2 Å². The molecule has 5 rings (SSSR count). The zero-order valence-corrected chi connectivity index (χ0v) is 19.2. The first-order chi connectivity index (χ1) is 17.3. The van der Waals surface area contributed by atoms with Crippen LogP contribution in [0.25, 0.3) is 16.6 Å². The summed E-state index contributed by atoms with van der Waals surface area (Å²) in [7, 11) is 1.41. The average Bonchev–Trinajstić information content (AvgIpc) is 3.36. The minimum absolute atomic E-state index is 0.0121. The van der Waals surface area contributed by atoms with E-state index in [-0.39, 0.29) is 42.3 Å². The van der Waals surface area contributed by atoms with Gasteiger partial charge in [-0.1, -0.05) is 6.07 Å². The molecule has 2 fully saturated rings. The first-order valence-corrected chi connectivity index (χ1v) is 11.2. The largest absolute Gasteiger partial charge is 0.479 e. The Morgan fingerprint density at radius 2 is 2.11 bits per heavy atom. The van der Waals surface area contributed by atoms with Crippen LogP contribution in [-0.2, 0) is 4.74 Å². The number of aromatic nitrogens is 3. The Balaban J connectivity index is 1.44. The molecule has 3 aromatic rings. The fourth-order valence-electron chi connectivity index (χ4n) is 4.39. The van der Waals surface area contributed by atoms with Crippen molar-refractivity contribution in [1.29, 1.82) is 5.53 Å². The van der Waals surface area contributed by atoms with Gasteiger partial charge in [0, 0.05) is 18.3 Å². The SMILES string of the molecule is COc1nc(N[C@@H]2CN(C3COC3)CC2(F)F)nn2ccc(-c3ccc(N=N)c(NCC(F)F)c3)c12. The van der Waals surface area contributed by atoms with E-state index in [0.717, 1.165) is 0 Å². The maximum Gasteiger partial charge on any atom is 0.281 e. The van der Waals surface area contributed by atoms with E-state index in [1.807, 2.05) is 0 Å². The molecule has 3 N–H and O–H groups in total. The van der Waals surface area contributed by atoms with Gasteiger partial charge in [0.15, 0.2) is 0 Å². The van der Waals surface area contributed by atoms with Gasteiger partial charge >= 0.3 is 0 Å². The maximum absolute atomic E-state index is 14.7. The highest BCUT2D eigenvalue weighted by atomic mass is 19.3. The highest BCUT2D eigenvalue weighted by Crippen LogP contribution is 2.37. The van der Waals surface area contributed by atoms with Crippen molar-refractivity contribution in [3.05, 3.63) is 30.5 Å². The quantitative estimate of drug-likeness (QED) is 0.297. The number of nitrogens with zero attached hydrogens (tertiary/aromatic N) is 5. The monoisotopic (exact) mass is 508 g/mol.